The van der Waals surface area contributed by atoms with Crippen LogP contribution in [0.5, 0.6) is 5.75 Å². The molecule has 1 aliphatic rings. The van der Waals surface area contributed by atoms with E-state index >= 15 is 0 Å². The predicted molar refractivity (Wildman–Crippen MR) is 148 cm³/mol. The average Bonchev–Trinajstić information content (AvgIpc) is 2.92. The zero-order valence-corrected chi connectivity index (χ0v) is 22.1. The minimum absolute atomic E-state index is 0.0413. The first-order valence-corrected chi connectivity index (χ1v) is 12.6. The van der Waals surface area contributed by atoms with Crippen LogP contribution in [0.2, 0.25) is 0 Å². The highest BCUT2D eigenvalue weighted by Gasteiger charge is 2.43. The Morgan fingerprint density at radius 3 is 2.42 bits per heavy atom. The molecular weight excluding hydrogens is 486 g/mol. The van der Waals surface area contributed by atoms with Crippen LogP contribution in [-0.2, 0) is 4.74 Å². The third-order valence-electron chi connectivity index (χ3n) is 7.82. The number of fused-ring (bicyclic) bond motifs is 5. The standard InChI is InChI=1S/C30H33NO7/c1-7-16-11-21-24(22(12-16)36-6)20-13-19(29-27(34)26(33)25(32)15(3)37-29)23-17(14(2)31(4)5)9-8-10-18(23)28(20)38-30(21)35/h7-15,25-27,29,32-34H,1H2,2-6H3/t14?,15-,25-,26+,27+,29-/m0/s1. The van der Waals surface area contributed by atoms with E-state index in [1.165, 1.54) is 7.11 Å². The number of nitrogens with zero attached hydrogens (tertiary/aromatic N) is 1. The molecule has 200 valence electrons. The van der Waals surface area contributed by atoms with Gasteiger partial charge < -0.3 is 34.1 Å². The highest BCUT2D eigenvalue weighted by Crippen LogP contribution is 2.44. The Morgan fingerprint density at radius 2 is 1.76 bits per heavy atom. The summed E-state index contributed by atoms with van der Waals surface area (Å²) in [7, 11) is 5.47. The maximum Gasteiger partial charge on any atom is 0.344 e. The van der Waals surface area contributed by atoms with Gasteiger partial charge in [-0.25, -0.2) is 4.79 Å². The summed E-state index contributed by atoms with van der Waals surface area (Å²) in [6, 6.07) is 11.1. The van der Waals surface area contributed by atoms with Gasteiger partial charge >= 0.3 is 5.63 Å². The van der Waals surface area contributed by atoms with Crippen LogP contribution in [0.1, 0.15) is 42.7 Å². The van der Waals surface area contributed by atoms with Crippen molar-refractivity contribution in [3.05, 3.63) is 70.1 Å². The van der Waals surface area contributed by atoms with Crippen molar-refractivity contribution in [2.45, 2.75) is 50.4 Å². The number of rotatable bonds is 5. The molecule has 1 aliphatic heterocycles. The zero-order valence-electron chi connectivity index (χ0n) is 22.1. The second-order valence-electron chi connectivity index (χ2n) is 10.2. The van der Waals surface area contributed by atoms with Crippen molar-refractivity contribution >= 4 is 38.6 Å². The molecule has 3 aromatic carbocycles. The van der Waals surface area contributed by atoms with Crippen molar-refractivity contribution in [3.8, 4) is 5.75 Å². The fourth-order valence-electron chi connectivity index (χ4n) is 5.48. The molecule has 5 rings (SSSR count). The number of methoxy groups -OCH3 is 1. The highest BCUT2D eigenvalue weighted by molar-refractivity contribution is 6.17. The van der Waals surface area contributed by atoms with Gasteiger partial charge in [0.1, 0.15) is 35.7 Å². The summed E-state index contributed by atoms with van der Waals surface area (Å²) in [6.45, 7) is 7.52. The van der Waals surface area contributed by atoms with Crippen LogP contribution in [0.15, 0.2) is 52.2 Å². The van der Waals surface area contributed by atoms with Gasteiger partial charge in [-0.15, -0.1) is 0 Å². The molecule has 1 aromatic heterocycles. The van der Waals surface area contributed by atoms with Crippen LogP contribution < -0.4 is 10.4 Å². The highest BCUT2D eigenvalue weighted by atomic mass is 16.5. The van der Waals surface area contributed by atoms with Crippen LogP contribution in [0.3, 0.4) is 0 Å². The summed E-state index contributed by atoms with van der Waals surface area (Å²) in [5, 5.41) is 35.1. The van der Waals surface area contributed by atoms with E-state index in [1.807, 2.05) is 38.4 Å². The van der Waals surface area contributed by atoms with E-state index in [1.54, 1.807) is 25.1 Å². The summed E-state index contributed by atoms with van der Waals surface area (Å²) in [6.07, 6.45) is -4.07. The number of hydrogen-bond donors (Lipinski definition) is 3. The summed E-state index contributed by atoms with van der Waals surface area (Å²) < 4.78 is 17.8. The van der Waals surface area contributed by atoms with Crippen molar-refractivity contribution in [1.82, 2.24) is 4.90 Å². The molecular formula is C30H33NO7. The van der Waals surface area contributed by atoms with Gasteiger partial charge in [-0.2, -0.15) is 0 Å². The van der Waals surface area contributed by atoms with E-state index in [2.05, 4.69) is 18.4 Å². The largest absolute Gasteiger partial charge is 0.496 e. The Balaban J connectivity index is 1.98. The molecule has 2 heterocycles. The smallest absolute Gasteiger partial charge is 0.344 e. The van der Waals surface area contributed by atoms with Gasteiger partial charge in [-0.05, 0) is 68.2 Å². The van der Waals surface area contributed by atoms with Gasteiger partial charge in [-0.1, -0.05) is 30.9 Å². The SMILES string of the molecule is C=Cc1cc(OC)c2c(c1)c(=O)oc1c3cccc(C(C)N(C)C)c3c([C@@H]3O[C@@H](C)[C@H](O)[C@@H](O)[C@H]3O)cc12. The number of aliphatic hydroxyl groups is 3. The van der Waals surface area contributed by atoms with Gasteiger partial charge in [0, 0.05) is 22.2 Å². The molecule has 0 radical (unpaired) electrons. The Labute approximate surface area is 220 Å². The molecule has 0 spiro atoms. The quantitative estimate of drug-likeness (QED) is 0.269. The Bertz CT molecular complexity index is 1610. The maximum absolute atomic E-state index is 13.3. The monoisotopic (exact) mass is 519 g/mol. The molecule has 8 heteroatoms. The molecule has 0 amide bonds. The van der Waals surface area contributed by atoms with Crippen LogP contribution in [0.4, 0.5) is 0 Å². The second kappa shape index (κ2) is 9.80. The predicted octanol–water partition coefficient (Wildman–Crippen LogP) is 3.92. The average molecular weight is 520 g/mol. The third-order valence-corrected chi connectivity index (χ3v) is 7.82. The molecule has 6 atom stereocenters. The molecule has 1 fully saturated rings. The number of aliphatic hydroxyl groups excluding tert-OH is 3. The van der Waals surface area contributed by atoms with E-state index < -0.39 is 36.1 Å². The topological polar surface area (TPSA) is 113 Å². The molecule has 1 saturated heterocycles. The molecule has 8 nitrogen and oxygen atoms in total. The fraction of sp³-hybridized carbons (Fsp3) is 0.367. The molecule has 3 N–H and O–H groups in total. The van der Waals surface area contributed by atoms with Crippen molar-refractivity contribution in [2.24, 2.45) is 0 Å². The Morgan fingerprint density at radius 1 is 1.03 bits per heavy atom. The summed E-state index contributed by atoms with van der Waals surface area (Å²) in [4.78, 5) is 15.3. The molecule has 4 aromatic rings. The number of benzene rings is 3. The van der Waals surface area contributed by atoms with E-state index in [-0.39, 0.29) is 6.04 Å². The number of hydrogen-bond acceptors (Lipinski definition) is 8. The van der Waals surface area contributed by atoms with Crippen molar-refractivity contribution in [2.75, 3.05) is 21.2 Å². The van der Waals surface area contributed by atoms with Crippen molar-refractivity contribution in [3.63, 3.8) is 0 Å². The normalized spacial score (nSPS) is 24.8. The lowest BCUT2D eigenvalue weighted by atomic mass is 9.85. The van der Waals surface area contributed by atoms with Gasteiger partial charge in [-0.3, -0.25) is 0 Å². The first kappa shape index (κ1) is 26.3. The lowest BCUT2D eigenvalue weighted by Gasteiger charge is -2.40. The Kier molecular flexibility index (Phi) is 6.79. The van der Waals surface area contributed by atoms with Crippen molar-refractivity contribution < 1.29 is 29.2 Å². The molecule has 38 heavy (non-hydrogen) atoms. The molecule has 1 unspecified atom stereocenters. The zero-order chi connectivity index (χ0) is 27.5. The minimum atomic E-state index is -1.40. The van der Waals surface area contributed by atoms with E-state index in [9.17, 15) is 20.1 Å². The minimum Gasteiger partial charge on any atom is -0.496 e. The third kappa shape index (κ3) is 4.00. The molecule has 0 bridgehead atoms. The van der Waals surface area contributed by atoms with E-state index in [0.717, 1.165) is 10.9 Å². The van der Waals surface area contributed by atoms with Crippen LogP contribution in [-0.4, -0.2) is 65.8 Å². The van der Waals surface area contributed by atoms with E-state index in [0.29, 0.717) is 44.0 Å². The molecule has 0 saturated carbocycles. The summed E-state index contributed by atoms with van der Waals surface area (Å²) in [5.74, 6) is 0.479. The first-order chi connectivity index (χ1) is 18.1. The van der Waals surface area contributed by atoms with Gasteiger partial charge in [0.15, 0.2) is 0 Å². The lowest BCUT2D eigenvalue weighted by molar-refractivity contribution is -0.219. The van der Waals surface area contributed by atoms with E-state index in [4.69, 9.17) is 13.9 Å². The van der Waals surface area contributed by atoms with Gasteiger partial charge in [0.25, 0.3) is 0 Å². The number of ether oxygens (including phenoxy) is 2. The maximum atomic E-state index is 13.3. The lowest BCUT2D eigenvalue weighted by Crippen LogP contribution is -2.53. The van der Waals surface area contributed by atoms with Crippen LogP contribution in [0.25, 0.3) is 38.6 Å². The Hall–Kier alpha value is -3.27. The van der Waals surface area contributed by atoms with Gasteiger partial charge in [0.2, 0.25) is 0 Å². The second-order valence-corrected chi connectivity index (χ2v) is 10.2. The summed E-state index contributed by atoms with van der Waals surface area (Å²) in [5.41, 5.74) is 2.15. The first-order valence-electron chi connectivity index (χ1n) is 12.6. The fourth-order valence-corrected chi connectivity index (χ4v) is 5.48. The molecule has 0 aliphatic carbocycles. The van der Waals surface area contributed by atoms with Crippen LogP contribution in [0, 0.1) is 0 Å². The van der Waals surface area contributed by atoms with Crippen molar-refractivity contribution in [1.29, 1.82) is 0 Å². The van der Waals surface area contributed by atoms with Crippen LogP contribution >= 0.6 is 0 Å². The summed E-state index contributed by atoms with van der Waals surface area (Å²) >= 11 is 0. The van der Waals surface area contributed by atoms with Gasteiger partial charge in [0.05, 0.1) is 18.6 Å².